The van der Waals surface area contributed by atoms with E-state index in [9.17, 15) is 5.11 Å². The highest BCUT2D eigenvalue weighted by Crippen LogP contribution is 2.33. The van der Waals surface area contributed by atoms with Crippen LogP contribution < -0.4 is 9.64 Å². The van der Waals surface area contributed by atoms with Crippen molar-refractivity contribution in [2.45, 2.75) is 13.0 Å². The van der Waals surface area contributed by atoms with Crippen molar-refractivity contribution in [3.05, 3.63) is 53.1 Å². The summed E-state index contributed by atoms with van der Waals surface area (Å²) in [5.41, 5.74) is 2.71. The van der Waals surface area contributed by atoms with E-state index in [1.807, 2.05) is 48.3 Å². The fourth-order valence-corrected chi connectivity index (χ4v) is 2.32. The molecule has 1 N–H and O–H groups in total. The summed E-state index contributed by atoms with van der Waals surface area (Å²) in [6.07, 6.45) is -0.521. The molecule has 0 amide bonds. The number of nitrogens with zero attached hydrogens (tertiary/aromatic N) is 1. The van der Waals surface area contributed by atoms with Crippen LogP contribution in [0.2, 0.25) is 5.02 Å². The molecule has 2 rings (SSSR count). The Hall–Kier alpha value is -1.71. The first-order valence-corrected chi connectivity index (χ1v) is 6.76. The molecule has 1 atom stereocenters. The van der Waals surface area contributed by atoms with E-state index in [1.54, 1.807) is 20.1 Å². The van der Waals surface area contributed by atoms with Crippen molar-refractivity contribution >= 4 is 23.0 Å². The Bertz CT molecular complexity index is 582. The van der Waals surface area contributed by atoms with Crippen LogP contribution in [0.1, 0.15) is 18.6 Å². The molecule has 0 saturated carbocycles. The predicted molar refractivity (Wildman–Crippen MR) is 83.1 cm³/mol. The summed E-state index contributed by atoms with van der Waals surface area (Å²) in [6, 6.07) is 13.3. The Labute approximate surface area is 124 Å². The minimum atomic E-state index is -0.521. The molecular weight excluding hydrogens is 274 g/mol. The molecule has 20 heavy (non-hydrogen) atoms. The molecule has 0 saturated heterocycles. The van der Waals surface area contributed by atoms with Gasteiger partial charge in [0.2, 0.25) is 0 Å². The normalized spacial score (nSPS) is 12.1. The molecule has 0 radical (unpaired) electrons. The Morgan fingerprint density at radius 3 is 2.30 bits per heavy atom. The van der Waals surface area contributed by atoms with Crippen LogP contribution in [-0.2, 0) is 0 Å². The van der Waals surface area contributed by atoms with Gasteiger partial charge >= 0.3 is 0 Å². The van der Waals surface area contributed by atoms with Crippen molar-refractivity contribution in [2.75, 3.05) is 19.1 Å². The van der Waals surface area contributed by atoms with E-state index < -0.39 is 6.10 Å². The van der Waals surface area contributed by atoms with Crippen LogP contribution in [0.3, 0.4) is 0 Å². The highest BCUT2D eigenvalue weighted by molar-refractivity contribution is 6.33. The quantitative estimate of drug-likeness (QED) is 0.918. The zero-order valence-corrected chi connectivity index (χ0v) is 12.6. The third-order valence-electron chi connectivity index (χ3n) is 3.28. The maximum atomic E-state index is 9.57. The van der Waals surface area contributed by atoms with E-state index >= 15 is 0 Å². The van der Waals surface area contributed by atoms with Crippen LogP contribution in [0.15, 0.2) is 42.5 Å². The van der Waals surface area contributed by atoms with Crippen LogP contribution in [0.25, 0.3) is 0 Å². The zero-order valence-electron chi connectivity index (χ0n) is 11.8. The van der Waals surface area contributed by atoms with Gasteiger partial charge < -0.3 is 14.7 Å². The molecule has 3 nitrogen and oxygen atoms in total. The van der Waals surface area contributed by atoms with Crippen LogP contribution >= 0.6 is 11.6 Å². The third kappa shape index (κ3) is 3.06. The maximum absolute atomic E-state index is 9.57. The van der Waals surface area contributed by atoms with Crippen LogP contribution in [0.5, 0.6) is 5.75 Å². The molecule has 0 unspecified atom stereocenters. The van der Waals surface area contributed by atoms with E-state index in [4.69, 9.17) is 16.3 Å². The van der Waals surface area contributed by atoms with Gasteiger partial charge in [0, 0.05) is 12.7 Å². The number of methoxy groups -OCH3 is 1. The van der Waals surface area contributed by atoms with Crippen molar-refractivity contribution in [1.29, 1.82) is 0 Å². The number of anilines is 2. The van der Waals surface area contributed by atoms with Crippen LogP contribution in [0, 0.1) is 0 Å². The summed E-state index contributed by atoms with van der Waals surface area (Å²) < 4.78 is 5.15. The number of benzene rings is 2. The lowest BCUT2D eigenvalue weighted by Crippen LogP contribution is -2.10. The first kappa shape index (κ1) is 14.7. The lowest BCUT2D eigenvalue weighted by molar-refractivity contribution is 0.199. The summed E-state index contributed by atoms with van der Waals surface area (Å²) in [6.45, 7) is 1.72. The molecule has 0 bridgehead atoms. The standard InChI is InChI=1S/C16H18ClNO2/c1-11(19)12-4-9-16(15(17)10-12)18(2)13-5-7-14(20-3)8-6-13/h4-11,19H,1-3H3/t11-/m0/s1. The average Bonchev–Trinajstić information content (AvgIpc) is 2.46. The summed E-state index contributed by atoms with van der Waals surface area (Å²) in [5, 5.41) is 10.2. The molecule has 4 heteroatoms. The number of hydrogen-bond donors (Lipinski definition) is 1. The minimum absolute atomic E-state index is 0.521. The molecule has 0 heterocycles. The van der Waals surface area contributed by atoms with Gasteiger partial charge in [-0.05, 0) is 48.9 Å². The van der Waals surface area contributed by atoms with Gasteiger partial charge in [-0.25, -0.2) is 0 Å². The number of halogens is 1. The molecule has 106 valence electrons. The summed E-state index contributed by atoms with van der Waals surface area (Å²) in [4.78, 5) is 1.99. The lowest BCUT2D eigenvalue weighted by Gasteiger charge is -2.22. The number of ether oxygens (including phenoxy) is 1. The number of aliphatic hydroxyl groups excluding tert-OH is 1. The molecule has 0 aromatic heterocycles. The third-order valence-corrected chi connectivity index (χ3v) is 3.58. The van der Waals surface area contributed by atoms with Gasteiger partial charge in [-0.3, -0.25) is 0 Å². The Balaban J connectivity index is 2.30. The number of aliphatic hydroxyl groups is 1. The number of hydrogen-bond acceptors (Lipinski definition) is 3. The van der Waals surface area contributed by atoms with Gasteiger partial charge in [-0.2, -0.15) is 0 Å². The Morgan fingerprint density at radius 1 is 1.15 bits per heavy atom. The zero-order chi connectivity index (χ0) is 14.7. The van der Waals surface area contributed by atoms with Crippen molar-refractivity contribution in [1.82, 2.24) is 0 Å². The van der Waals surface area contributed by atoms with E-state index in [-0.39, 0.29) is 0 Å². The van der Waals surface area contributed by atoms with Crippen molar-refractivity contribution in [2.24, 2.45) is 0 Å². The minimum Gasteiger partial charge on any atom is -0.497 e. The predicted octanol–water partition coefficient (Wildman–Crippen LogP) is 4.17. The van der Waals surface area contributed by atoms with Crippen LogP contribution in [-0.4, -0.2) is 19.3 Å². The first-order chi connectivity index (χ1) is 9.52. The summed E-state index contributed by atoms with van der Waals surface area (Å²) >= 11 is 6.30. The molecule has 2 aromatic rings. The van der Waals surface area contributed by atoms with Crippen molar-refractivity contribution in [3.8, 4) is 5.75 Å². The molecule has 0 aliphatic rings. The second kappa shape index (κ2) is 6.16. The molecule has 0 aliphatic heterocycles. The monoisotopic (exact) mass is 291 g/mol. The molecule has 0 spiro atoms. The fraction of sp³-hybridized carbons (Fsp3) is 0.250. The van der Waals surface area contributed by atoms with E-state index in [1.165, 1.54) is 0 Å². The van der Waals surface area contributed by atoms with Crippen molar-refractivity contribution in [3.63, 3.8) is 0 Å². The van der Waals surface area contributed by atoms with E-state index in [2.05, 4.69) is 0 Å². The summed E-state index contributed by atoms with van der Waals surface area (Å²) in [5.74, 6) is 0.817. The molecule has 0 fully saturated rings. The van der Waals surface area contributed by atoms with Gasteiger partial charge in [0.1, 0.15) is 5.75 Å². The second-order valence-electron chi connectivity index (χ2n) is 4.64. The van der Waals surface area contributed by atoms with Crippen LogP contribution in [0.4, 0.5) is 11.4 Å². The molecular formula is C16H18ClNO2. The summed E-state index contributed by atoms with van der Waals surface area (Å²) in [7, 11) is 3.59. The smallest absolute Gasteiger partial charge is 0.119 e. The highest BCUT2D eigenvalue weighted by atomic mass is 35.5. The van der Waals surface area contributed by atoms with Gasteiger partial charge in [-0.1, -0.05) is 17.7 Å². The van der Waals surface area contributed by atoms with Gasteiger partial charge in [0.15, 0.2) is 0 Å². The Kier molecular flexibility index (Phi) is 4.53. The highest BCUT2D eigenvalue weighted by Gasteiger charge is 2.10. The van der Waals surface area contributed by atoms with Gasteiger partial charge in [-0.15, -0.1) is 0 Å². The second-order valence-corrected chi connectivity index (χ2v) is 5.05. The SMILES string of the molecule is COc1ccc(N(C)c2ccc([C@H](C)O)cc2Cl)cc1. The molecule has 0 aliphatic carbocycles. The largest absolute Gasteiger partial charge is 0.497 e. The first-order valence-electron chi connectivity index (χ1n) is 6.38. The van der Waals surface area contributed by atoms with Crippen molar-refractivity contribution < 1.29 is 9.84 Å². The molecule has 2 aromatic carbocycles. The average molecular weight is 292 g/mol. The maximum Gasteiger partial charge on any atom is 0.119 e. The Morgan fingerprint density at radius 2 is 1.80 bits per heavy atom. The fourth-order valence-electron chi connectivity index (χ4n) is 2.00. The topological polar surface area (TPSA) is 32.7 Å². The van der Waals surface area contributed by atoms with E-state index in [0.29, 0.717) is 5.02 Å². The number of rotatable bonds is 4. The van der Waals surface area contributed by atoms with Gasteiger partial charge in [0.25, 0.3) is 0 Å². The van der Waals surface area contributed by atoms with Gasteiger partial charge in [0.05, 0.1) is 23.9 Å². The lowest BCUT2D eigenvalue weighted by atomic mass is 10.1. The van der Waals surface area contributed by atoms with E-state index in [0.717, 1.165) is 22.7 Å².